The topological polar surface area (TPSA) is 29.5 Å². The molecule has 0 radical (unpaired) electrons. The average Bonchev–Trinajstić information content (AvgIpc) is 2.06. The van der Waals surface area contributed by atoms with Crippen molar-refractivity contribution in [3.8, 4) is 5.75 Å². The molecule has 0 aromatic heterocycles. The van der Waals surface area contributed by atoms with E-state index in [9.17, 15) is 13.2 Å². The molecule has 0 aliphatic rings. The minimum atomic E-state index is -4.70. The van der Waals surface area contributed by atoms with Crippen LogP contribution in [0.1, 0.15) is 5.56 Å². The van der Waals surface area contributed by atoms with E-state index in [2.05, 4.69) is 4.74 Å². The van der Waals surface area contributed by atoms with E-state index in [1.807, 2.05) is 0 Å². The lowest BCUT2D eigenvalue weighted by molar-refractivity contribution is -0.275. The SMILES string of the molecule is OCc1ccc(I)c(OC(F)(F)F)c1. The minimum absolute atomic E-state index is 0.287. The van der Waals surface area contributed by atoms with Crippen molar-refractivity contribution in [1.29, 1.82) is 0 Å². The van der Waals surface area contributed by atoms with E-state index in [1.165, 1.54) is 12.1 Å². The molecule has 1 rings (SSSR count). The molecule has 0 atom stereocenters. The van der Waals surface area contributed by atoms with Gasteiger partial charge in [-0.2, -0.15) is 0 Å². The molecule has 0 saturated heterocycles. The molecule has 0 fully saturated rings. The Balaban J connectivity index is 2.95. The molecule has 1 aromatic rings. The molecule has 0 unspecified atom stereocenters. The molecule has 0 spiro atoms. The van der Waals surface area contributed by atoms with Crippen molar-refractivity contribution in [3.05, 3.63) is 27.3 Å². The van der Waals surface area contributed by atoms with Gasteiger partial charge in [0.2, 0.25) is 0 Å². The highest BCUT2D eigenvalue weighted by Gasteiger charge is 2.31. The van der Waals surface area contributed by atoms with Crippen LogP contribution in [-0.4, -0.2) is 11.5 Å². The largest absolute Gasteiger partial charge is 0.573 e. The highest BCUT2D eigenvalue weighted by molar-refractivity contribution is 14.1. The lowest BCUT2D eigenvalue weighted by Crippen LogP contribution is -2.17. The third kappa shape index (κ3) is 3.33. The van der Waals surface area contributed by atoms with Gasteiger partial charge in [-0.25, -0.2) is 0 Å². The summed E-state index contributed by atoms with van der Waals surface area (Å²) < 4.78 is 39.7. The van der Waals surface area contributed by atoms with E-state index in [0.29, 0.717) is 9.13 Å². The lowest BCUT2D eigenvalue weighted by Gasteiger charge is -2.11. The number of benzene rings is 1. The molecule has 0 amide bonds. The molecule has 14 heavy (non-hydrogen) atoms. The van der Waals surface area contributed by atoms with E-state index in [0.717, 1.165) is 6.07 Å². The number of aliphatic hydroxyl groups is 1. The highest BCUT2D eigenvalue weighted by atomic mass is 127. The van der Waals surface area contributed by atoms with Crippen LogP contribution >= 0.6 is 22.6 Å². The molecule has 1 aromatic carbocycles. The summed E-state index contributed by atoms with van der Waals surface area (Å²) in [5.74, 6) is -0.287. The number of alkyl halides is 3. The molecule has 0 bridgehead atoms. The zero-order chi connectivity index (χ0) is 10.8. The van der Waals surface area contributed by atoms with Gasteiger partial charge in [0.15, 0.2) is 0 Å². The van der Waals surface area contributed by atoms with Crippen LogP contribution in [0, 0.1) is 3.57 Å². The van der Waals surface area contributed by atoms with Crippen LogP contribution in [0.2, 0.25) is 0 Å². The van der Waals surface area contributed by atoms with Crippen LogP contribution in [0.3, 0.4) is 0 Å². The van der Waals surface area contributed by atoms with Gasteiger partial charge in [0.25, 0.3) is 0 Å². The van der Waals surface area contributed by atoms with Gasteiger partial charge in [0.1, 0.15) is 5.75 Å². The van der Waals surface area contributed by atoms with Gasteiger partial charge in [-0.3, -0.25) is 0 Å². The van der Waals surface area contributed by atoms with Gasteiger partial charge in [-0.1, -0.05) is 6.07 Å². The summed E-state index contributed by atoms with van der Waals surface area (Å²) in [4.78, 5) is 0. The maximum atomic E-state index is 11.9. The monoisotopic (exact) mass is 318 g/mol. The van der Waals surface area contributed by atoms with Crippen molar-refractivity contribution >= 4 is 22.6 Å². The van der Waals surface area contributed by atoms with Crippen molar-refractivity contribution < 1.29 is 23.0 Å². The highest BCUT2D eigenvalue weighted by Crippen LogP contribution is 2.28. The van der Waals surface area contributed by atoms with E-state index in [1.54, 1.807) is 22.6 Å². The molecule has 6 heteroatoms. The summed E-state index contributed by atoms with van der Waals surface area (Å²) in [5.41, 5.74) is 0.379. The molecule has 0 heterocycles. The summed E-state index contributed by atoms with van der Waals surface area (Å²) in [5, 5.41) is 8.71. The molecule has 0 aliphatic carbocycles. The summed E-state index contributed by atoms with van der Waals surface area (Å²) in [7, 11) is 0. The third-order valence-corrected chi connectivity index (χ3v) is 2.30. The molecule has 1 N–H and O–H groups in total. The van der Waals surface area contributed by atoms with Crippen molar-refractivity contribution in [3.63, 3.8) is 0 Å². The number of halogens is 4. The van der Waals surface area contributed by atoms with Crippen molar-refractivity contribution in [1.82, 2.24) is 0 Å². The first-order valence-electron chi connectivity index (χ1n) is 3.57. The van der Waals surface area contributed by atoms with Gasteiger partial charge in [0, 0.05) is 0 Å². The second kappa shape index (κ2) is 4.35. The summed E-state index contributed by atoms with van der Waals surface area (Å²) in [6.45, 7) is -0.314. The normalized spacial score (nSPS) is 11.5. The van der Waals surface area contributed by atoms with E-state index in [4.69, 9.17) is 5.11 Å². The van der Waals surface area contributed by atoms with Crippen LogP contribution in [-0.2, 0) is 6.61 Å². The average molecular weight is 318 g/mol. The zero-order valence-corrected chi connectivity index (χ0v) is 8.96. The molecule has 0 aliphatic heterocycles. The second-order valence-electron chi connectivity index (χ2n) is 2.47. The maximum Gasteiger partial charge on any atom is 0.573 e. The van der Waals surface area contributed by atoms with Gasteiger partial charge < -0.3 is 9.84 Å². The molecular weight excluding hydrogens is 312 g/mol. The zero-order valence-electron chi connectivity index (χ0n) is 6.81. The Morgan fingerprint density at radius 3 is 2.50 bits per heavy atom. The predicted octanol–water partition coefficient (Wildman–Crippen LogP) is 2.68. The van der Waals surface area contributed by atoms with Crippen LogP contribution < -0.4 is 4.74 Å². The first kappa shape index (κ1) is 11.6. The number of hydrogen-bond acceptors (Lipinski definition) is 2. The van der Waals surface area contributed by atoms with Gasteiger partial charge in [-0.05, 0) is 40.3 Å². The molecule has 2 nitrogen and oxygen atoms in total. The lowest BCUT2D eigenvalue weighted by atomic mass is 10.2. The maximum absolute atomic E-state index is 11.9. The quantitative estimate of drug-likeness (QED) is 0.850. The predicted molar refractivity (Wildman–Crippen MR) is 51.8 cm³/mol. The van der Waals surface area contributed by atoms with Gasteiger partial charge in [0.05, 0.1) is 10.2 Å². The summed E-state index contributed by atoms with van der Waals surface area (Å²) in [6.07, 6.45) is -4.70. The Hall–Kier alpha value is -0.500. The molecule has 78 valence electrons. The van der Waals surface area contributed by atoms with E-state index >= 15 is 0 Å². The standard InChI is InChI=1S/C8H6F3IO2/c9-8(10,11)14-7-3-5(4-13)1-2-6(7)12/h1-3,13H,4H2. The van der Waals surface area contributed by atoms with Crippen LogP contribution in [0.25, 0.3) is 0 Å². The Labute approximate surface area is 91.8 Å². The number of rotatable bonds is 2. The Morgan fingerprint density at radius 1 is 1.36 bits per heavy atom. The Kier molecular flexibility index (Phi) is 3.59. The van der Waals surface area contributed by atoms with Crippen molar-refractivity contribution in [2.75, 3.05) is 0 Å². The van der Waals surface area contributed by atoms with Crippen LogP contribution in [0.4, 0.5) is 13.2 Å². The van der Waals surface area contributed by atoms with Crippen LogP contribution in [0.15, 0.2) is 18.2 Å². The fourth-order valence-electron chi connectivity index (χ4n) is 0.849. The number of hydrogen-bond donors (Lipinski definition) is 1. The number of ether oxygens (including phenoxy) is 1. The molecule has 0 saturated carbocycles. The summed E-state index contributed by atoms with van der Waals surface area (Å²) >= 11 is 1.73. The fourth-order valence-corrected chi connectivity index (χ4v) is 1.29. The van der Waals surface area contributed by atoms with E-state index < -0.39 is 6.36 Å². The van der Waals surface area contributed by atoms with Gasteiger partial charge in [-0.15, -0.1) is 13.2 Å². The number of aliphatic hydroxyl groups excluding tert-OH is 1. The Bertz CT molecular complexity index is 325. The smallest absolute Gasteiger partial charge is 0.405 e. The van der Waals surface area contributed by atoms with Gasteiger partial charge >= 0.3 is 6.36 Å². The molecular formula is C8H6F3IO2. The van der Waals surface area contributed by atoms with Crippen molar-refractivity contribution in [2.45, 2.75) is 13.0 Å². The second-order valence-corrected chi connectivity index (χ2v) is 3.63. The van der Waals surface area contributed by atoms with E-state index in [-0.39, 0.29) is 12.4 Å². The van der Waals surface area contributed by atoms with Crippen molar-refractivity contribution in [2.24, 2.45) is 0 Å². The third-order valence-electron chi connectivity index (χ3n) is 1.40. The Morgan fingerprint density at radius 2 is 2.00 bits per heavy atom. The first-order chi connectivity index (χ1) is 6.42. The minimum Gasteiger partial charge on any atom is -0.405 e. The summed E-state index contributed by atoms with van der Waals surface area (Å²) in [6, 6.07) is 4.15. The first-order valence-corrected chi connectivity index (χ1v) is 4.65. The fraction of sp³-hybridized carbons (Fsp3) is 0.250. The van der Waals surface area contributed by atoms with Crippen LogP contribution in [0.5, 0.6) is 5.75 Å².